The maximum atomic E-state index is 9.17. The second kappa shape index (κ2) is 10.9. The lowest BCUT2D eigenvalue weighted by molar-refractivity contribution is -0.118. The molecule has 5 heteroatoms. The molecular weight excluding hydrogens is 188 g/mol. The van der Waals surface area contributed by atoms with Crippen LogP contribution in [0.25, 0.3) is 0 Å². The Labute approximate surface area is 84.6 Å². The molecule has 2 N–H and O–H groups in total. The van der Waals surface area contributed by atoms with Crippen molar-refractivity contribution in [2.24, 2.45) is 0 Å². The Bertz CT molecular complexity index is 109. The largest absolute Gasteiger partial charge is 0.396 e. The van der Waals surface area contributed by atoms with Gasteiger partial charge in [-0.3, -0.25) is 0 Å². The molecule has 0 fully saturated rings. The van der Waals surface area contributed by atoms with Crippen LogP contribution in [0, 0.1) is 0 Å². The van der Waals surface area contributed by atoms with Gasteiger partial charge in [-0.05, 0) is 6.42 Å². The minimum absolute atomic E-state index is 0.0742. The van der Waals surface area contributed by atoms with E-state index in [4.69, 9.17) is 24.4 Å². The maximum absolute atomic E-state index is 9.17. The molecule has 86 valence electrons. The van der Waals surface area contributed by atoms with Gasteiger partial charge in [0, 0.05) is 20.1 Å². The lowest BCUT2D eigenvalue weighted by Gasteiger charge is -2.11. The van der Waals surface area contributed by atoms with Crippen molar-refractivity contribution in [3.8, 4) is 0 Å². The van der Waals surface area contributed by atoms with Crippen LogP contribution in [0.5, 0.6) is 0 Å². The first-order valence-electron chi connectivity index (χ1n) is 4.78. The first-order valence-corrected chi connectivity index (χ1v) is 4.78. The van der Waals surface area contributed by atoms with Crippen LogP contribution in [0.1, 0.15) is 12.8 Å². The van der Waals surface area contributed by atoms with Gasteiger partial charge in [-0.2, -0.15) is 0 Å². The molecule has 0 saturated heterocycles. The second-order valence-electron chi connectivity index (χ2n) is 2.80. The fraction of sp³-hybridized carbons (Fsp3) is 1.00. The van der Waals surface area contributed by atoms with Crippen LogP contribution in [0.3, 0.4) is 0 Å². The van der Waals surface area contributed by atoms with E-state index in [9.17, 15) is 0 Å². The van der Waals surface area contributed by atoms with E-state index in [1.165, 1.54) is 0 Å². The van der Waals surface area contributed by atoms with Crippen molar-refractivity contribution in [2.45, 2.75) is 19.1 Å². The molecule has 0 aliphatic heterocycles. The Morgan fingerprint density at radius 1 is 1.14 bits per heavy atom. The average molecular weight is 208 g/mol. The Morgan fingerprint density at radius 2 is 1.86 bits per heavy atom. The smallest absolute Gasteiger partial charge is 0.154 e. The van der Waals surface area contributed by atoms with Crippen LogP contribution < -0.4 is 0 Å². The zero-order valence-electron chi connectivity index (χ0n) is 8.65. The molecule has 0 aromatic heterocycles. The predicted molar refractivity (Wildman–Crippen MR) is 51.0 cm³/mol. The summed E-state index contributed by atoms with van der Waals surface area (Å²) in [4.78, 5) is 0. The number of hydrogen-bond donors (Lipinski definition) is 2. The Morgan fingerprint density at radius 3 is 2.50 bits per heavy atom. The predicted octanol–water partition coefficient (Wildman–Crippen LogP) is -0.243. The highest BCUT2D eigenvalue weighted by molar-refractivity contribution is 4.42. The van der Waals surface area contributed by atoms with E-state index in [1.54, 1.807) is 7.11 Å². The van der Waals surface area contributed by atoms with Gasteiger partial charge >= 0.3 is 0 Å². The summed E-state index contributed by atoms with van der Waals surface area (Å²) in [5.41, 5.74) is 0. The summed E-state index contributed by atoms with van der Waals surface area (Å²) in [5, 5.41) is 17.6. The molecule has 0 rings (SSSR count). The van der Waals surface area contributed by atoms with Crippen LogP contribution in [0.2, 0.25) is 0 Å². The number of rotatable bonds is 10. The van der Waals surface area contributed by atoms with Gasteiger partial charge < -0.3 is 24.4 Å². The fourth-order valence-corrected chi connectivity index (χ4v) is 0.837. The molecule has 0 bridgehead atoms. The summed E-state index contributed by atoms with van der Waals surface area (Å²) in [6.07, 6.45) is 0.202. The summed E-state index contributed by atoms with van der Waals surface area (Å²) in [6, 6.07) is 0. The van der Waals surface area contributed by atoms with Crippen molar-refractivity contribution in [1.82, 2.24) is 0 Å². The van der Waals surface area contributed by atoms with E-state index in [0.29, 0.717) is 39.3 Å². The van der Waals surface area contributed by atoms with Gasteiger partial charge in [0.25, 0.3) is 0 Å². The lowest BCUT2D eigenvalue weighted by Crippen LogP contribution is -2.16. The molecule has 0 amide bonds. The zero-order chi connectivity index (χ0) is 10.6. The molecule has 1 atom stereocenters. The van der Waals surface area contributed by atoms with E-state index in [2.05, 4.69) is 0 Å². The Balaban J connectivity index is 3.02. The third-order valence-electron chi connectivity index (χ3n) is 1.58. The summed E-state index contributed by atoms with van der Waals surface area (Å²) in [5.74, 6) is 0. The summed E-state index contributed by atoms with van der Waals surface area (Å²) < 4.78 is 14.9. The molecule has 0 aromatic carbocycles. The molecule has 14 heavy (non-hydrogen) atoms. The average Bonchev–Trinajstić information content (AvgIpc) is 2.20. The number of hydrogen-bond acceptors (Lipinski definition) is 5. The third-order valence-corrected chi connectivity index (χ3v) is 1.58. The molecule has 0 heterocycles. The van der Waals surface area contributed by atoms with E-state index >= 15 is 0 Å². The fourth-order valence-electron chi connectivity index (χ4n) is 0.837. The van der Waals surface area contributed by atoms with Gasteiger partial charge in [-0.1, -0.05) is 0 Å². The van der Waals surface area contributed by atoms with Gasteiger partial charge in [0.2, 0.25) is 0 Å². The molecule has 0 spiro atoms. The monoisotopic (exact) mass is 208 g/mol. The van der Waals surface area contributed by atoms with Crippen LogP contribution in [-0.4, -0.2) is 56.6 Å². The van der Waals surface area contributed by atoms with Crippen molar-refractivity contribution in [3.63, 3.8) is 0 Å². The van der Waals surface area contributed by atoms with E-state index in [1.807, 2.05) is 0 Å². The van der Waals surface area contributed by atoms with Crippen LogP contribution in [-0.2, 0) is 14.2 Å². The molecule has 5 nitrogen and oxygen atoms in total. The number of aliphatic hydroxyl groups excluding tert-OH is 2. The molecule has 0 radical (unpaired) electrons. The molecule has 0 aliphatic rings. The van der Waals surface area contributed by atoms with E-state index in [-0.39, 0.29) is 6.61 Å². The van der Waals surface area contributed by atoms with Crippen molar-refractivity contribution in [2.75, 3.05) is 40.1 Å². The third kappa shape index (κ3) is 9.88. The number of aliphatic hydroxyl groups is 2. The topological polar surface area (TPSA) is 68.2 Å². The summed E-state index contributed by atoms with van der Waals surface area (Å²) >= 11 is 0. The highest BCUT2D eigenvalue weighted by Gasteiger charge is 2.02. The summed E-state index contributed by atoms with van der Waals surface area (Å²) in [7, 11) is 1.61. The quantitative estimate of drug-likeness (QED) is 0.383. The maximum Gasteiger partial charge on any atom is 0.154 e. The van der Waals surface area contributed by atoms with E-state index < -0.39 is 6.29 Å². The van der Waals surface area contributed by atoms with Gasteiger partial charge in [0.1, 0.15) is 0 Å². The lowest BCUT2D eigenvalue weighted by atomic mass is 10.3. The van der Waals surface area contributed by atoms with Gasteiger partial charge in [-0.25, -0.2) is 0 Å². The molecule has 0 aliphatic carbocycles. The van der Waals surface area contributed by atoms with Crippen molar-refractivity contribution < 1.29 is 24.4 Å². The number of methoxy groups -OCH3 is 1. The zero-order valence-corrected chi connectivity index (χ0v) is 8.65. The van der Waals surface area contributed by atoms with E-state index in [0.717, 1.165) is 0 Å². The molecule has 0 saturated carbocycles. The van der Waals surface area contributed by atoms with Crippen LogP contribution >= 0.6 is 0 Å². The standard InChI is InChI=1S/C9H20O5/c1-12-5-6-13-7-8-14-9(11)3-2-4-10/h9-11H,2-8H2,1H3. The van der Waals surface area contributed by atoms with Crippen molar-refractivity contribution in [3.05, 3.63) is 0 Å². The normalized spacial score (nSPS) is 13.1. The SMILES string of the molecule is COCCOCCOC(O)CCCO. The second-order valence-corrected chi connectivity index (χ2v) is 2.80. The minimum Gasteiger partial charge on any atom is -0.396 e. The Hall–Kier alpha value is -0.200. The first-order chi connectivity index (χ1) is 6.81. The van der Waals surface area contributed by atoms with Crippen molar-refractivity contribution in [1.29, 1.82) is 0 Å². The van der Waals surface area contributed by atoms with Gasteiger partial charge in [0.05, 0.1) is 26.4 Å². The highest BCUT2D eigenvalue weighted by Crippen LogP contribution is 1.97. The molecule has 0 aromatic rings. The summed E-state index contributed by atoms with van der Waals surface area (Å²) in [6.45, 7) is 1.97. The minimum atomic E-state index is -0.798. The van der Waals surface area contributed by atoms with Gasteiger partial charge in [0.15, 0.2) is 6.29 Å². The molecular formula is C9H20O5. The number of ether oxygens (including phenoxy) is 3. The van der Waals surface area contributed by atoms with Crippen LogP contribution in [0.4, 0.5) is 0 Å². The molecule has 1 unspecified atom stereocenters. The van der Waals surface area contributed by atoms with Gasteiger partial charge in [-0.15, -0.1) is 0 Å². The van der Waals surface area contributed by atoms with Crippen molar-refractivity contribution >= 4 is 0 Å². The Kier molecular flexibility index (Phi) is 10.7. The van der Waals surface area contributed by atoms with Crippen LogP contribution in [0.15, 0.2) is 0 Å². The highest BCUT2D eigenvalue weighted by atomic mass is 16.6. The first kappa shape index (κ1) is 13.8.